The second-order valence-electron chi connectivity index (χ2n) is 3.72. The molecule has 0 aliphatic rings. The summed E-state index contributed by atoms with van der Waals surface area (Å²) in [4.78, 5) is 11.5. The zero-order chi connectivity index (χ0) is 12.4. The minimum absolute atomic E-state index is 0.375. The molecule has 4 nitrogen and oxygen atoms in total. The van der Waals surface area contributed by atoms with Crippen molar-refractivity contribution in [1.29, 1.82) is 0 Å². The van der Waals surface area contributed by atoms with Gasteiger partial charge in [0.15, 0.2) is 0 Å². The number of hydrogen-bond acceptors (Lipinski definition) is 5. The van der Waals surface area contributed by atoms with Gasteiger partial charge in [-0.15, -0.1) is 11.3 Å². The van der Waals surface area contributed by atoms with Crippen molar-refractivity contribution < 1.29 is 4.55 Å². The Morgan fingerprint density at radius 1 is 1.35 bits per heavy atom. The minimum Gasteiger partial charge on any atom is -0.609 e. The molecular weight excluding hydrogens is 254 g/mol. The summed E-state index contributed by atoms with van der Waals surface area (Å²) in [6, 6.07) is 5.87. The van der Waals surface area contributed by atoms with Crippen LogP contribution in [0.1, 0.15) is 0 Å². The van der Waals surface area contributed by atoms with Crippen molar-refractivity contribution in [3.8, 4) is 10.6 Å². The summed E-state index contributed by atoms with van der Waals surface area (Å²) in [7, 11) is 3.81. The van der Waals surface area contributed by atoms with Crippen LogP contribution in [0.15, 0.2) is 28.7 Å². The molecule has 2 aromatic heterocycles. The van der Waals surface area contributed by atoms with Crippen molar-refractivity contribution in [2.75, 3.05) is 25.3 Å². The molecule has 1 unspecified atom stereocenters. The van der Waals surface area contributed by atoms with Gasteiger partial charge in [-0.2, -0.15) is 9.97 Å². The molecule has 1 atom stereocenters. The monoisotopic (exact) mass is 267 g/mol. The number of anilines is 1. The lowest BCUT2D eigenvalue weighted by atomic mass is 10.3. The summed E-state index contributed by atoms with van der Waals surface area (Å²) in [5, 5.41) is 2.37. The lowest BCUT2D eigenvalue weighted by Gasteiger charge is -2.13. The van der Waals surface area contributed by atoms with Gasteiger partial charge in [0.2, 0.25) is 0 Å². The Morgan fingerprint density at radius 2 is 2.12 bits per heavy atom. The number of aromatic nitrogens is 2. The summed E-state index contributed by atoms with van der Waals surface area (Å²) in [5.74, 6) is 0.772. The zero-order valence-corrected chi connectivity index (χ0v) is 11.5. The van der Waals surface area contributed by atoms with Crippen LogP contribution in [0.25, 0.3) is 10.6 Å². The van der Waals surface area contributed by atoms with Crippen LogP contribution in [0, 0.1) is 0 Å². The van der Waals surface area contributed by atoms with Crippen molar-refractivity contribution >= 4 is 28.3 Å². The highest BCUT2D eigenvalue weighted by atomic mass is 32.2. The number of rotatable bonds is 3. The summed E-state index contributed by atoms with van der Waals surface area (Å²) < 4.78 is 11.5. The lowest BCUT2D eigenvalue weighted by molar-refractivity contribution is 0.592. The molecule has 90 valence electrons. The van der Waals surface area contributed by atoms with Gasteiger partial charge in [0.25, 0.3) is 0 Å². The van der Waals surface area contributed by atoms with E-state index in [0.717, 1.165) is 16.4 Å². The second-order valence-corrected chi connectivity index (χ2v) is 5.94. The summed E-state index contributed by atoms with van der Waals surface area (Å²) in [6.07, 6.45) is 1.59. The summed E-state index contributed by atoms with van der Waals surface area (Å²) in [5.41, 5.74) is 0.823. The van der Waals surface area contributed by atoms with E-state index < -0.39 is 11.2 Å². The third kappa shape index (κ3) is 2.77. The Kier molecular flexibility index (Phi) is 3.66. The predicted octanol–water partition coefficient (Wildman–Crippen LogP) is 2.01. The Hall–Kier alpha value is -1.11. The minimum atomic E-state index is -1.17. The SMILES string of the molecule is CN(C)c1cc(-c2cccs2)nc([S+](C)[O-])n1. The van der Waals surface area contributed by atoms with Crippen molar-refractivity contribution in [3.05, 3.63) is 23.6 Å². The summed E-state index contributed by atoms with van der Waals surface area (Å²) in [6.45, 7) is 0. The first-order valence-corrected chi connectivity index (χ1v) is 7.45. The van der Waals surface area contributed by atoms with Crippen molar-refractivity contribution in [2.45, 2.75) is 5.16 Å². The highest BCUT2D eigenvalue weighted by Gasteiger charge is 2.14. The standard InChI is InChI=1S/C11H13N3OS2/c1-14(2)10-7-8(9-5-4-6-16-9)12-11(13-10)17(3)15/h4-7H,1-3H3. The normalized spacial score (nSPS) is 12.5. The maximum Gasteiger partial charge on any atom is 0.344 e. The molecule has 6 heteroatoms. The molecule has 17 heavy (non-hydrogen) atoms. The molecular formula is C11H13N3OS2. The molecule has 0 saturated heterocycles. The van der Waals surface area contributed by atoms with Crippen molar-refractivity contribution in [1.82, 2.24) is 9.97 Å². The van der Waals surface area contributed by atoms with E-state index >= 15 is 0 Å². The Labute approximate surface area is 108 Å². The van der Waals surface area contributed by atoms with Crippen LogP contribution in [-0.2, 0) is 11.2 Å². The van der Waals surface area contributed by atoms with Crippen LogP contribution >= 0.6 is 11.3 Å². The Balaban J connectivity index is 2.52. The second kappa shape index (κ2) is 5.03. The molecule has 0 aromatic carbocycles. The molecule has 0 radical (unpaired) electrons. The largest absolute Gasteiger partial charge is 0.609 e. The van der Waals surface area contributed by atoms with E-state index in [1.807, 2.05) is 42.6 Å². The quantitative estimate of drug-likeness (QED) is 0.630. The van der Waals surface area contributed by atoms with Gasteiger partial charge < -0.3 is 9.45 Å². The fourth-order valence-corrected chi connectivity index (χ4v) is 2.46. The molecule has 0 N–H and O–H groups in total. The van der Waals surface area contributed by atoms with Crippen molar-refractivity contribution in [3.63, 3.8) is 0 Å². The van der Waals surface area contributed by atoms with E-state index in [9.17, 15) is 4.55 Å². The average Bonchev–Trinajstić information content (AvgIpc) is 2.81. The van der Waals surface area contributed by atoms with E-state index in [-0.39, 0.29) is 0 Å². The van der Waals surface area contributed by atoms with Gasteiger partial charge in [-0.3, -0.25) is 0 Å². The fraction of sp³-hybridized carbons (Fsp3) is 0.273. The van der Waals surface area contributed by atoms with Gasteiger partial charge in [0, 0.05) is 31.3 Å². The van der Waals surface area contributed by atoms with Crippen LogP contribution in [0.4, 0.5) is 5.82 Å². The average molecular weight is 267 g/mol. The summed E-state index contributed by atoms with van der Waals surface area (Å²) >= 11 is 0.437. The third-order valence-electron chi connectivity index (χ3n) is 2.18. The molecule has 0 fully saturated rings. The van der Waals surface area contributed by atoms with E-state index in [2.05, 4.69) is 9.97 Å². The van der Waals surface area contributed by atoms with Crippen molar-refractivity contribution in [2.24, 2.45) is 0 Å². The maximum absolute atomic E-state index is 11.5. The first-order valence-electron chi connectivity index (χ1n) is 5.01. The highest BCUT2D eigenvalue weighted by Crippen LogP contribution is 2.26. The predicted molar refractivity (Wildman–Crippen MR) is 72.0 cm³/mol. The molecule has 0 saturated carbocycles. The van der Waals surface area contributed by atoms with Gasteiger partial charge in [0.1, 0.15) is 12.1 Å². The van der Waals surface area contributed by atoms with Gasteiger partial charge in [0.05, 0.1) is 10.6 Å². The van der Waals surface area contributed by atoms with Crippen LogP contribution in [0.2, 0.25) is 0 Å². The maximum atomic E-state index is 11.5. The number of thiophene rings is 1. The first kappa shape index (κ1) is 12.3. The van der Waals surface area contributed by atoms with E-state index in [1.54, 1.807) is 17.6 Å². The third-order valence-corrected chi connectivity index (χ3v) is 3.77. The molecule has 0 amide bonds. The first-order chi connectivity index (χ1) is 8.08. The van der Waals surface area contributed by atoms with Crippen LogP contribution in [-0.4, -0.2) is 34.9 Å². The van der Waals surface area contributed by atoms with Gasteiger partial charge in [-0.1, -0.05) is 6.07 Å². The molecule has 0 aliphatic heterocycles. The fourth-order valence-electron chi connectivity index (χ4n) is 1.32. The molecule has 0 spiro atoms. The molecule has 2 aromatic rings. The molecule has 0 bridgehead atoms. The van der Waals surface area contributed by atoms with Crippen LogP contribution < -0.4 is 4.90 Å². The van der Waals surface area contributed by atoms with E-state index in [1.165, 1.54) is 0 Å². The van der Waals surface area contributed by atoms with Gasteiger partial charge >= 0.3 is 5.16 Å². The number of hydrogen-bond donors (Lipinski definition) is 0. The van der Waals surface area contributed by atoms with Crippen LogP contribution in [0.5, 0.6) is 0 Å². The Morgan fingerprint density at radius 3 is 2.65 bits per heavy atom. The molecule has 2 heterocycles. The zero-order valence-electron chi connectivity index (χ0n) is 9.88. The number of nitrogens with zero attached hydrogens (tertiary/aromatic N) is 3. The van der Waals surface area contributed by atoms with Gasteiger partial charge in [-0.05, 0) is 11.4 Å². The molecule has 2 rings (SSSR count). The highest BCUT2D eigenvalue weighted by molar-refractivity contribution is 7.90. The smallest absolute Gasteiger partial charge is 0.344 e. The van der Waals surface area contributed by atoms with Crippen LogP contribution in [0.3, 0.4) is 0 Å². The Bertz CT molecular complexity index is 471. The topological polar surface area (TPSA) is 52.1 Å². The lowest BCUT2D eigenvalue weighted by Crippen LogP contribution is -2.14. The van der Waals surface area contributed by atoms with E-state index in [0.29, 0.717) is 5.16 Å². The molecule has 0 aliphatic carbocycles. The van der Waals surface area contributed by atoms with E-state index in [4.69, 9.17) is 0 Å². The van der Waals surface area contributed by atoms with Gasteiger partial charge in [-0.25, -0.2) is 0 Å².